The Kier molecular flexibility index (Phi) is 4.63. The molecule has 0 bridgehead atoms. The average Bonchev–Trinajstić information content (AvgIpc) is 2.95. The van der Waals surface area contributed by atoms with Crippen molar-refractivity contribution in [2.45, 2.75) is 6.92 Å². The van der Waals surface area contributed by atoms with Crippen LogP contribution in [-0.4, -0.2) is 17.1 Å². The number of ether oxygens (including phenoxy) is 1. The first-order chi connectivity index (χ1) is 11.2. The normalized spacial score (nSPS) is 11.7. The zero-order valence-corrected chi connectivity index (χ0v) is 14.3. The highest BCUT2D eigenvalue weighted by molar-refractivity contribution is 9.15. The largest absolute Gasteiger partial charge is 0.461 e. The SMILES string of the molecule is CCOC(=O)c1cc2ccccc2n1/C(Br)=C\c1ccccc1. The summed E-state index contributed by atoms with van der Waals surface area (Å²) in [4.78, 5) is 12.3. The second-order valence-electron chi connectivity index (χ2n) is 5.02. The summed E-state index contributed by atoms with van der Waals surface area (Å²) in [5.41, 5.74) is 2.51. The molecule has 116 valence electrons. The first kappa shape index (κ1) is 15.6. The fourth-order valence-electron chi connectivity index (χ4n) is 2.49. The van der Waals surface area contributed by atoms with E-state index in [0.717, 1.165) is 21.1 Å². The van der Waals surface area contributed by atoms with Gasteiger partial charge < -0.3 is 4.74 Å². The van der Waals surface area contributed by atoms with Gasteiger partial charge >= 0.3 is 5.97 Å². The molecule has 0 radical (unpaired) electrons. The van der Waals surface area contributed by atoms with Crippen molar-refractivity contribution in [2.24, 2.45) is 0 Å². The van der Waals surface area contributed by atoms with E-state index in [2.05, 4.69) is 15.9 Å². The van der Waals surface area contributed by atoms with Crippen molar-refractivity contribution in [1.82, 2.24) is 4.57 Å². The highest BCUT2D eigenvalue weighted by Crippen LogP contribution is 2.28. The molecule has 2 aromatic carbocycles. The predicted molar refractivity (Wildman–Crippen MR) is 97.4 cm³/mol. The maximum absolute atomic E-state index is 12.3. The Morgan fingerprint density at radius 3 is 2.57 bits per heavy atom. The predicted octanol–water partition coefficient (Wildman–Crippen LogP) is 5.17. The number of benzene rings is 2. The molecule has 0 aliphatic carbocycles. The molecule has 1 heterocycles. The zero-order chi connectivity index (χ0) is 16.2. The molecule has 23 heavy (non-hydrogen) atoms. The summed E-state index contributed by atoms with van der Waals surface area (Å²) in [5.74, 6) is -0.331. The maximum atomic E-state index is 12.3. The van der Waals surface area contributed by atoms with Gasteiger partial charge in [-0.1, -0.05) is 48.5 Å². The van der Waals surface area contributed by atoms with Crippen molar-refractivity contribution in [3.63, 3.8) is 0 Å². The van der Waals surface area contributed by atoms with E-state index in [-0.39, 0.29) is 5.97 Å². The van der Waals surface area contributed by atoms with Crippen molar-refractivity contribution in [3.05, 3.63) is 71.9 Å². The van der Waals surface area contributed by atoms with Gasteiger partial charge in [0.2, 0.25) is 0 Å². The number of hydrogen-bond acceptors (Lipinski definition) is 2. The Morgan fingerprint density at radius 1 is 1.13 bits per heavy atom. The molecule has 0 atom stereocenters. The fourth-order valence-corrected chi connectivity index (χ4v) is 3.14. The summed E-state index contributed by atoms with van der Waals surface area (Å²) in [6.07, 6.45) is 1.98. The van der Waals surface area contributed by atoms with Gasteiger partial charge in [-0.15, -0.1) is 0 Å². The molecule has 0 fully saturated rings. The molecule has 0 spiro atoms. The smallest absolute Gasteiger partial charge is 0.355 e. The minimum absolute atomic E-state index is 0.331. The van der Waals surface area contributed by atoms with Crippen LogP contribution in [0.15, 0.2) is 60.7 Å². The number of esters is 1. The molecule has 0 amide bonds. The average molecular weight is 370 g/mol. The second-order valence-corrected chi connectivity index (χ2v) is 5.83. The summed E-state index contributed by atoms with van der Waals surface area (Å²) < 4.78 is 7.85. The third-order valence-corrected chi connectivity index (χ3v) is 4.08. The minimum atomic E-state index is -0.331. The molecule has 0 unspecified atom stereocenters. The number of fused-ring (bicyclic) bond motifs is 1. The molecule has 0 aliphatic rings. The van der Waals surface area contributed by atoms with E-state index < -0.39 is 0 Å². The summed E-state index contributed by atoms with van der Waals surface area (Å²) in [5, 5.41) is 0.994. The lowest BCUT2D eigenvalue weighted by atomic mass is 10.2. The highest BCUT2D eigenvalue weighted by atomic mass is 79.9. The van der Waals surface area contributed by atoms with E-state index in [0.29, 0.717) is 12.3 Å². The lowest BCUT2D eigenvalue weighted by molar-refractivity contribution is 0.0518. The Hall–Kier alpha value is -2.33. The summed E-state index contributed by atoms with van der Waals surface area (Å²) >= 11 is 3.61. The number of rotatable bonds is 4. The molecule has 3 aromatic rings. The number of para-hydroxylation sites is 1. The van der Waals surface area contributed by atoms with Gasteiger partial charge in [-0.2, -0.15) is 0 Å². The van der Waals surface area contributed by atoms with Gasteiger partial charge in [0.15, 0.2) is 0 Å². The molecule has 3 nitrogen and oxygen atoms in total. The van der Waals surface area contributed by atoms with E-state index in [9.17, 15) is 4.79 Å². The van der Waals surface area contributed by atoms with E-state index >= 15 is 0 Å². The van der Waals surface area contributed by atoms with Gasteiger partial charge in [0, 0.05) is 5.39 Å². The van der Waals surface area contributed by atoms with Crippen LogP contribution in [0.1, 0.15) is 23.0 Å². The number of carbonyl (C=O) groups excluding carboxylic acids is 1. The van der Waals surface area contributed by atoms with Crippen molar-refractivity contribution in [1.29, 1.82) is 0 Å². The van der Waals surface area contributed by atoms with Crippen molar-refractivity contribution in [2.75, 3.05) is 6.61 Å². The number of aromatic nitrogens is 1. The first-order valence-corrected chi connectivity index (χ1v) is 8.20. The Bertz CT molecular complexity index is 865. The van der Waals surface area contributed by atoms with Gasteiger partial charge in [0.05, 0.1) is 16.7 Å². The van der Waals surface area contributed by atoms with Gasteiger partial charge in [0.1, 0.15) is 5.69 Å². The van der Waals surface area contributed by atoms with Crippen molar-refractivity contribution < 1.29 is 9.53 Å². The number of carbonyl (C=O) groups is 1. The molecule has 0 saturated heterocycles. The van der Waals surface area contributed by atoms with Crippen LogP contribution in [-0.2, 0) is 4.74 Å². The second kappa shape index (κ2) is 6.84. The molecule has 3 rings (SSSR count). The van der Waals surface area contributed by atoms with Crippen LogP contribution in [0.3, 0.4) is 0 Å². The van der Waals surface area contributed by atoms with E-state index in [1.165, 1.54) is 0 Å². The van der Waals surface area contributed by atoms with Gasteiger partial charge in [-0.25, -0.2) is 4.79 Å². The van der Waals surface area contributed by atoms with Gasteiger partial charge in [-0.3, -0.25) is 4.57 Å². The number of nitrogens with zero attached hydrogens (tertiary/aromatic N) is 1. The standard InChI is InChI=1S/C19H16BrNO2/c1-2-23-19(22)17-13-15-10-6-7-11-16(15)21(17)18(20)12-14-8-4-3-5-9-14/h3-13H,2H2,1H3/b18-12-. The lowest BCUT2D eigenvalue weighted by Crippen LogP contribution is -2.10. The summed E-state index contributed by atoms with van der Waals surface area (Å²) in [6.45, 7) is 2.15. The molecular weight excluding hydrogens is 354 g/mol. The topological polar surface area (TPSA) is 31.2 Å². The molecule has 0 N–H and O–H groups in total. The molecule has 0 saturated carbocycles. The lowest BCUT2D eigenvalue weighted by Gasteiger charge is -2.09. The maximum Gasteiger partial charge on any atom is 0.355 e. The fraction of sp³-hybridized carbons (Fsp3) is 0.105. The van der Waals surface area contributed by atoms with Gasteiger partial charge in [0.25, 0.3) is 0 Å². The van der Waals surface area contributed by atoms with Crippen molar-refractivity contribution >= 4 is 43.5 Å². The zero-order valence-electron chi connectivity index (χ0n) is 12.7. The Balaban J connectivity index is 2.16. The van der Waals surface area contributed by atoms with Crippen LogP contribution < -0.4 is 0 Å². The molecule has 1 aromatic heterocycles. The summed E-state index contributed by atoms with van der Waals surface area (Å²) in [7, 11) is 0. The van der Waals surface area contributed by atoms with E-state index in [4.69, 9.17) is 4.74 Å². The van der Waals surface area contributed by atoms with Crippen molar-refractivity contribution in [3.8, 4) is 0 Å². The van der Waals surface area contributed by atoms with Crippen LogP contribution in [0.5, 0.6) is 0 Å². The minimum Gasteiger partial charge on any atom is -0.461 e. The molecule has 4 heteroatoms. The van der Waals surface area contributed by atoms with E-state index in [1.807, 2.05) is 71.3 Å². The number of halogens is 1. The summed E-state index contributed by atoms with van der Waals surface area (Å²) in [6, 6.07) is 19.7. The first-order valence-electron chi connectivity index (χ1n) is 7.41. The van der Waals surface area contributed by atoms with Crippen LogP contribution in [0.2, 0.25) is 0 Å². The Morgan fingerprint density at radius 2 is 1.83 bits per heavy atom. The van der Waals surface area contributed by atoms with Crippen LogP contribution >= 0.6 is 15.9 Å². The van der Waals surface area contributed by atoms with Crippen LogP contribution in [0.25, 0.3) is 21.6 Å². The van der Waals surface area contributed by atoms with Gasteiger partial charge in [-0.05, 0) is 46.6 Å². The quantitative estimate of drug-likeness (QED) is 0.594. The van der Waals surface area contributed by atoms with E-state index in [1.54, 1.807) is 6.92 Å². The monoisotopic (exact) mass is 369 g/mol. The number of hydrogen-bond donors (Lipinski definition) is 0. The van der Waals surface area contributed by atoms with Crippen LogP contribution in [0, 0.1) is 0 Å². The Labute approximate surface area is 143 Å². The molecular formula is C19H16BrNO2. The van der Waals surface area contributed by atoms with Crippen LogP contribution in [0.4, 0.5) is 0 Å². The third kappa shape index (κ3) is 3.22. The highest BCUT2D eigenvalue weighted by Gasteiger charge is 2.18. The molecule has 0 aliphatic heterocycles. The third-order valence-electron chi connectivity index (χ3n) is 3.49.